The standard InChI is InChI=1S/C44H64ClFN2O9S/c1-25(2)26(3)40(5)18-19-42(7)29-13-15-35-41(6)23-55-24-44(35,30(29)16-17-43(42,8)36(40)38(50)51)22-34(56-27(4)49)37(41)57-39(52)33(47)11-9-10-20-48-58(53,54)28-12-14-32(46)31(45)21-28/h12,14,16,21,25-26,29,33-37,48H,9-11,13,15,17-20,22-24,47H2,1-8H3,(H,50,51)/t26-,29+,33?,34-,35+,36-,37+,40-,41-,42-,43+,44+/m1/s1. The molecule has 2 bridgehead atoms. The van der Waals surface area contributed by atoms with Crippen molar-refractivity contribution in [2.75, 3.05) is 19.8 Å². The lowest BCUT2D eigenvalue weighted by Gasteiger charge is -2.71. The van der Waals surface area contributed by atoms with Crippen LogP contribution in [0.1, 0.15) is 113 Å². The predicted molar refractivity (Wildman–Crippen MR) is 217 cm³/mol. The van der Waals surface area contributed by atoms with Crippen LogP contribution in [0.25, 0.3) is 0 Å². The SMILES string of the molecule is CC(=O)O[C@@H]1C[C@@]23COC[C@](C)([C@@H]2CC[C@H]2C3=CC[C@@]3(C)[C@H](C(=O)O)[C@@](C)([C@H](C)C(C)C)CC[C@]23C)[C@H]1OC(=O)C(N)CCCCNS(=O)(=O)c1ccc(F)c(Cl)c1. The summed E-state index contributed by atoms with van der Waals surface area (Å²) in [5.41, 5.74) is 5.36. The molecule has 1 aromatic carbocycles. The molecule has 1 heterocycles. The van der Waals surface area contributed by atoms with Crippen LogP contribution in [0.15, 0.2) is 34.7 Å². The van der Waals surface area contributed by atoms with Gasteiger partial charge >= 0.3 is 17.9 Å². The molecule has 4 aliphatic carbocycles. The summed E-state index contributed by atoms with van der Waals surface area (Å²) in [6.45, 7) is 17.6. The normalized spacial score (nSPS) is 38.0. The van der Waals surface area contributed by atoms with Gasteiger partial charge in [0.05, 0.1) is 29.0 Å². The minimum atomic E-state index is -3.92. The molecule has 1 unspecified atom stereocenters. The largest absolute Gasteiger partial charge is 0.481 e. The molecular formula is C44H64ClFN2O9S. The summed E-state index contributed by atoms with van der Waals surface area (Å²) in [5.74, 6) is -2.29. The molecule has 1 aliphatic heterocycles. The minimum Gasteiger partial charge on any atom is -0.481 e. The average Bonchev–Trinajstić information content (AvgIpc) is 3.13. The molecule has 0 radical (unpaired) electrons. The number of carbonyl (C=O) groups excluding carboxylic acids is 2. The summed E-state index contributed by atoms with van der Waals surface area (Å²) in [6.07, 6.45) is 6.30. The maximum atomic E-state index is 13.7. The molecule has 1 aromatic rings. The molecule has 5 aliphatic rings. The summed E-state index contributed by atoms with van der Waals surface area (Å²) >= 11 is 5.76. The van der Waals surface area contributed by atoms with E-state index in [1.54, 1.807) is 0 Å². The number of esters is 2. The zero-order chi connectivity index (χ0) is 42.8. The Morgan fingerprint density at radius 2 is 1.76 bits per heavy atom. The molecule has 58 heavy (non-hydrogen) atoms. The Morgan fingerprint density at radius 1 is 1.05 bits per heavy atom. The molecule has 0 aromatic heterocycles. The van der Waals surface area contributed by atoms with Gasteiger partial charge in [0.2, 0.25) is 10.0 Å². The van der Waals surface area contributed by atoms with Crippen molar-refractivity contribution in [3.8, 4) is 0 Å². The number of hydrogen-bond acceptors (Lipinski definition) is 9. The number of allylic oxidation sites excluding steroid dienone is 1. The molecule has 11 nitrogen and oxygen atoms in total. The summed E-state index contributed by atoms with van der Waals surface area (Å²) in [7, 11) is -3.92. The molecule has 12 atom stereocenters. The van der Waals surface area contributed by atoms with E-state index >= 15 is 0 Å². The van der Waals surface area contributed by atoms with Crippen molar-refractivity contribution in [2.45, 2.75) is 136 Å². The number of nitrogens with one attached hydrogen (secondary N) is 1. The van der Waals surface area contributed by atoms with Crippen molar-refractivity contribution in [1.29, 1.82) is 0 Å². The molecule has 1 saturated heterocycles. The second-order valence-corrected chi connectivity index (χ2v) is 21.8. The molecule has 4 N–H and O–H groups in total. The van der Waals surface area contributed by atoms with Gasteiger partial charge in [-0.25, -0.2) is 17.5 Å². The second kappa shape index (κ2) is 16.0. The van der Waals surface area contributed by atoms with Crippen molar-refractivity contribution in [1.82, 2.24) is 4.72 Å². The second-order valence-electron chi connectivity index (χ2n) is 19.6. The third-order valence-electron chi connectivity index (χ3n) is 16.4. The van der Waals surface area contributed by atoms with Crippen LogP contribution < -0.4 is 10.5 Å². The van der Waals surface area contributed by atoms with Crippen LogP contribution in [0.2, 0.25) is 5.02 Å². The third kappa shape index (κ3) is 7.34. The van der Waals surface area contributed by atoms with E-state index in [9.17, 15) is 32.3 Å². The number of carboxylic acid groups (broad SMARTS) is 1. The van der Waals surface area contributed by atoms with Gasteiger partial charge in [-0.2, -0.15) is 0 Å². The highest BCUT2D eigenvalue weighted by Gasteiger charge is 2.72. The zero-order valence-electron chi connectivity index (χ0n) is 35.4. The lowest BCUT2D eigenvalue weighted by atomic mass is 9.34. The van der Waals surface area contributed by atoms with Crippen molar-refractivity contribution in [3.63, 3.8) is 0 Å². The van der Waals surface area contributed by atoms with Gasteiger partial charge in [-0.05, 0) is 109 Å². The highest BCUT2D eigenvalue weighted by molar-refractivity contribution is 7.89. The summed E-state index contributed by atoms with van der Waals surface area (Å²) < 4.78 is 60.2. The van der Waals surface area contributed by atoms with Crippen LogP contribution in [0.4, 0.5) is 4.39 Å². The molecule has 6 rings (SSSR count). The van der Waals surface area contributed by atoms with E-state index in [2.05, 4.69) is 59.3 Å². The maximum absolute atomic E-state index is 13.7. The van der Waals surface area contributed by atoms with E-state index < -0.39 is 74.2 Å². The van der Waals surface area contributed by atoms with E-state index in [4.69, 9.17) is 31.5 Å². The number of halogens is 2. The van der Waals surface area contributed by atoms with E-state index in [0.29, 0.717) is 44.8 Å². The maximum Gasteiger partial charge on any atom is 0.323 e. The Morgan fingerprint density at radius 3 is 2.40 bits per heavy atom. The number of hydrogen-bond donors (Lipinski definition) is 3. The molecule has 0 amide bonds. The molecule has 0 spiro atoms. The highest BCUT2D eigenvalue weighted by Crippen LogP contribution is 2.75. The predicted octanol–water partition coefficient (Wildman–Crippen LogP) is 7.69. The topological polar surface area (TPSA) is 171 Å². The smallest absolute Gasteiger partial charge is 0.323 e. The van der Waals surface area contributed by atoms with Gasteiger partial charge in [-0.1, -0.05) is 78.1 Å². The van der Waals surface area contributed by atoms with Crippen molar-refractivity contribution >= 4 is 39.5 Å². The number of nitrogens with two attached hydrogens (primary N) is 1. The zero-order valence-corrected chi connectivity index (χ0v) is 36.9. The van der Waals surface area contributed by atoms with Gasteiger partial charge in [0.25, 0.3) is 0 Å². The number of unbranched alkanes of at least 4 members (excludes halogenated alkanes) is 1. The first-order valence-corrected chi connectivity index (χ1v) is 22.9. The van der Waals surface area contributed by atoms with E-state index in [-0.39, 0.29) is 51.5 Å². The van der Waals surface area contributed by atoms with Gasteiger partial charge in [0.1, 0.15) is 24.1 Å². The van der Waals surface area contributed by atoms with Crippen LogP contribution in [-0.4, -0.2) is 69.4 Å². The van der Waals surface area contributed by atoms with Crippen LogP contribution >= 0.6 is 11.6 Å². The lowest BCUT2D eigenvalue weighted by Crippen LogP contribution is -2.70. The summed E-state index contributed by atoms with van der Waals surface area (Å²) in [6, 6.07) is 2.17. The van der Waals surface area contributed by atoms with Crippen molar-refractivity contribution < 1.29 is 46.5 Å². The van der Waals surface area contributed by atoms with Crippen LogP contribution in [0.5, 0.6) is 0 Å². The fourth-order valence-electron chi connectivity index (χ4n) is 12.9. The van der Waals surface area contributed by atoms with Gasteiger partial charge in [-0.15, -0.1) is 0 Å². The number of carboxylic acids is 1. The Bertz CT molecular complexity index is 1930. The molecule has 3 saturated carbocycles. The average molecular weight is 852 g/mol. The number of fused-ring (bicyclic) bond motifs is 3. The fraction of sp³-hybridized carbons (Fsp3) is 0.750. The molecule has 4 fully saturated rings. The Kier molecular flexibility index (Phi) is 12.4. The van der Waals surface area contributed by atoms with E-state index in [1.165, 1.54) is 12.5 Å². The molecular weight excluding hydrogens is 787 g/mol. The first kappa shape index (κ1) is 45.0. The minimum absolute atomic E-state index is 0.0548. The number of sulfonamides is 1. The number of ether oxygens (including phenoxy) is 3. The number of carbonyl (C=O) groups is 3. The fourth-order valence-corrected chi connectivity index (χ4v) is 14.2. The van der Waals surface area contributed by atoms with Crippen LogP contribution in [0, 0.1) is 62.5 Å². The Labute approximate surface area is 348 Å². The summed E-state index contributed by atoms with van der Waals surface area (Å²) in [4.78, 5) is 39.7. The number of benzene rings is 1. The number of rotatable bonds is 13. The quantitative estimate of drug-likeness (QED) is 0.102. The number of aliphatic carboxylic acids is 1. The molecule has 324 valence electrons. The third-order valence-corrected chi connectivity index (χ3v) is 18.1. The Hall–Kier alpha value is -2.58. The van der Waals surface area contributed by atoms with Crippen LogP contribution in [0.3, 0.4) is 0 Å². The lowest BCUT2D eigenvalue weighted by molar-refractivity contribution is -0.263. The molecule has 14 heteroatoms. The van der Waals surface area contributed by atoms with Gasteiger partial charge < -0.3 is 25.1 Å². The Balaban J connectivity index is 1.20. The first-order chi connectivity index (χ1) is 27.0. The summed E-state index contributed by atoms with van der Waals surface area (Å²) in [5, 5.41) is 10.7. The van der Waals surface area contributed by atoms with Crippen molar-refractivity contribution in [3.05, 3.63) is 40.7 Å². The van der Waals surface area contributed by atoms with Gasteiger partial charge in [0, 0.05) is 24.3 Å². The van der Waals surface area contributed by atoms with Crippen LogP contribution in [-0.2, 0) is 38.6 Å². The van der Waals surface area contributed by atoms with E-state index in [1.807, 2.05) is 0 Å². The van der Waals surface area contributed by atoms with Gasteiger partial charge in [0.15, 0.2) is 0 Å². The van der Waals surface area contributed by atoms with Crippen molar-refractivity contribution in [2.24, 2.45) is 62.4 Å². The van der Waals surface area contributed by atoms with Gasteiger partial charge in [-0.3, -0.25) is 14.4 Å². The first-order valence-electron chi connectivity index (χ1n) is 21.1. The highest BCUT2D eigenvalue weighted by atomic mass is 35.5. The van der Waals surface area contributed by atoms with E-state index in [0.717, 1.165) is 43.9 Å². The monoisotopic (exact) mass is 850 g/mol.